The zero-order valence-corrected chi connectivity index (χ0v) is 15.5. The van der Waals surface area contributed by atoms with E-state index in [4.69, 9.17) is 10.9 Å². The first-order chi connectivity index (χ1) is 11.1. The number of nitrogens with zero attached hydrogens (tertiary/aromatic N) is 2. The second kappa shape index (κ2) is 7.65. The zero-order chi connectivity index (χ0) is 18.2. The van der Waals surface area contributed by atoms with E-state index in [2.05, 4.69) is 0 Å². The lowest BCUT2D eigenvalue weighted by atomic mass is 10.1. The van der Waals surface area contributed by atoms with E-state index in [0.29, 0.717) is 13.1 Å². The number of nitro benzene ring substituents is 1. The molecular weight excluding hydrogens is 372 g/mol. The number of carbonyl (C=O) groups excluding carboxylic acids is 1. The summed E-state index contributed by atoms with van der Waals surface area (Å²) in [6.07, 6.45) is 0.734. The number of benzene rings is 1. The van der Waals surface area contributed by atoms with E-state index in [9.17, 15) is 23.3 Å². The van der Waals surface area contributed by atoms with Crippen LogP contribution in [0.4, 0.5) is 5.69 Å². The zero-order valence-electron chi connectivity index (χ0n) is 13.8. The summed E-state index contributed by atoms with van der Waals surface area (Å²) in [6, 6.07) is 1.89. The standard InChI is InChI=1S/C14H20N4O5S.ClH/c1-8-3-10(6-15)7-17(8)14(19)12-4-11(24(16,22)23)5-13(9(12)2)18(20)21;/h4-5,8,10H,3,6-7,15H2,1-2H3,(H2,16,22,23);1H. The fraction of sp³-hybridized carbons (Fsp3) is 0.500. The van der Waals surface area contributed by atoms with E-state index in [0.717, 1.165) is 18.6 Å². The van der Waals surface area contributed by atoms with Crippen molar-refractivity contribution in [2.45, 2.75) is 31.2 Å². The minimum Gasteiger partial charge on any atom is -0.336 e. The van der Waals surface area contributed by atoms with Crippen molar-refractivity contribution in [2.75, 3.05) is 13.1 Å². The van der Waals surface area contributed by atoms with Crippen LogP contribution in [0, 0.1) is 23.0 Å². The van der Waals surface area contributed by atoms with E-state index in [1.165, 1.54) is 6.92 Å². The van der Waals surface area contributed by atoms with Gasteiger partial charge in [-0.2, -0.15) is 0 Å². The molecule has 1 aliphatic heterocycles. The molecule has 0 aromatic heterocycles. The smallest absolute Gasteiger partial charge is 0.274 e. The summed E-state index contributed by atoms with van der Waals surface area (Å²) in [4.78, 5) is 24.4. The van der Waals surface area contributed by atoms with Gasteiger partial charge in [-0.3, -0.25) is 14.9 Å². The van der Waals surface area contributed by atoms with E-state index < -0.39 is 31.4 Å². The molecule has 1 aliphatic rings. The monoisotopic (exact) mass is 392 g/mol. The normalized spacial score (nSPS) is 20.2. The molecule has 0 spiro atoms. The number of nitrogens with two attached hydrogens (primary N) is 2. The Labute approximate surface area is 152 Å². The second-order valence-electron chi connectivity index (χ2n) is 6.06. The predicted octanol–water partition coefficient (Wildman–Crippen LogP) is 0.782. The van der Waals surface area contributed by atoms with Crippen molar-refractivity contribution in [1.29, 1.82) is 0 Å². The number of halogens is 1. The van der Waals surface area contributed by atoms with E-state index in [1.807, 2.05) is 6.92 Å². The third kappa shape index (κ3) is 4.27. The molecule has 2 unspecified atom stereocenters. The van der Waals surface area contributed by atoms with Gasteiger partial charge in [-0.05, 0) is 38.8 Å². The number of nitro groups is 1. The fourth-order valence-corrected chi connectivity index (χ4v) is 3.56. The Kier molecular flexibility index (Phi) is 6.51. The summed E-state index contributed by atoms with van der Waals surface area (Å²) >= 11 is 0. The maximum absolute atomic E-state index is 12.8. The van der Waals surface area contributed by atoms with E-state index in [1.54, 1.807) is 4.90 Å². The van der Waals surface area contributed by atoms with Crippen molar-refractivity contribution in [3.8, 4) is 0 Å². The van der Waals surface area contributed by atoms with Crippen LogP contribution >= 0.6 is 12.4 Å². The van der Waals surface area contributed by atoms with Gasteiger partial charge in [-0.25, -0.2) is 13.6 Å². The van der Waals surface area contributed by atoms with Crippen molar-refractivity contribution in [1.82, 2.24) is 4.90 Å². The molecule has 25 heavy (non-hydrogen) atoms. The van der Waals surface area contributed by atoms with Gasteiger partial charge in [0.2, 0.25) is 10.0 Å². The van der Waals surface area contributed by atoms with Crippen LogP contribution < -0.4 is 10.9 Å². The van der Waals surface area contributed by atoms with Gasteiger partial charge in [0.1, 0.15) is 0 Å². The van der Waals surface area contributed by atoms with E-state index in [-0.39, 0.29) is 35.5 Å². The van der Waals surface area contributed by atoms with E-state index >= 15 is 0 Å². The lowest BCUT2D eigenvalue weighted by Gasteiger charge is -2.22. The van der Waals surface area contributed by atoms with Gasteiger partial charge in [-0.1, -0.05) is 0 Å². The summed E-state index contributed by atoms with van der Waals surface area (Å²) in [7, 11) is -4.18. The third-order valence-electron chi connectivity index (χ3n) is 4.37. The largest absolute Gasteiger partial charge is 0.336 e. The first kappa shape index (κ1) is 21.3. The quantitative estimate of drug-likeness (QED) is 0.571. The molecule has 0 saturated carbocycles. The highest BCUT2D eigenvalue weighted by Gasteiger charge is 2.34. The molecule has 1 aromatic carbocycles. The maximum atomic E-state index is 12.8. The Morgan fingerprint density at radius 3 is 2.48 bits per heavy atom. The topological polar surface area (TPSA) is 150 Å². The minimum absolute atomic E-state index is 0. The highest BCUT2D eigenvalue weighted by atomic mass is 35.5. The molecule has 1 amide bonds. The van der Waals surface area contributed by atoms with Crippen molar-refractivity contribution in [3.63, 3.8) is 0 Å². The third-order valence-corrected chi connectivity index (χ3v) is 5.26. The van der Waals surface area contributed by atoms with Crippen molar-refractivity contribution in [2.24, 2.45) is 16.8 Å². The van der Waals surface area contributed by atoms with Crippen molar-refractivity contribution in [3.05, 3.63) is 33.4 Å². The van der Waals surface area contributed by atoms with Gasteiger partial charge < -0.3 is 10.6 Å². The van der Waals surface area contributed by atoms with Gasteiger partial charge in [0.25, 0.3) is 11.6 Å². The first-order valence-electron chi connectivity index (χ1n) is 7.39. The van der Waals surface area contributed by atoms with Crippen LogP contribution in [-0.2, 0) is 10.0 Å². The van der Waals surface area contributed by atoms with Gasteiger partial charge >= 0.3 is 0 Å². The van der Waals surface area contributed by atoms with Crippen LogP contribution in [0.3, 0.4) is 0 Å². The van der Waals surface area contributed by atoms with Crippen LogP contribution in [0.5, 0.6) is 0 Å². The van der Waals surface area contributed by atoms with Gasteiger partial charge in [0, 0.05) is 24.2 Å². The van der Waals surface area contributed by atoms with Gasteiger partial charge in [0.05, 0.1) is 15.4 Å². The first-order valence-corrected chi connectivity index (χ1v) is 8.93. The SMILES string of the molecule is Cc1c(C(=O)N2CC(CN)CC2C)cc(S(N)(=O)=O)cc1[N+](=O)[O-].Cl. The second-order valence-corrected chi connectivity index (χ2v) is 7.62. The van der Waals surface area contributed by atoms with Crippen molar-refractivity contribution < 1.29 is 18.1 Å². The maximum Gasteiger partial charge on any atom is 0.274 e. The van der Waals surface area contributed by atoms with Crippen LogP contribution in [0.15, 0.2) is 17.0 Å². The molecule has 140 valence electrons. The number of rotatable bonds is 4. The molecule has 4 N–H and O–H groups in total. The Hall–Kier alpha value is -1.75. The Morgan fingerprint density at radius 2 is 2.04 bits per heavy atom. The fourth-order valence-electron chi connectivity index (χ4n) is 3.00. The molecule has 11 heteroatoms. The number of sulfonamides is 1. The summed E-state index contributed by atoms with van der Waals surface area (Å²) in [5.41, 5.74) is 5.28. The highest BCUT2D eigenvalue weighted by molar-refractivity contribution is 7.89. The molecular formula is C14H21ClN4O5S. The molecule has 1 saturated heterocycles. The van der Waals surface area contributed by atoms with Crippen LogP contribution in [-0.4, -0.2) is 43.3 Å². The van der Waals surface area contributed by atoms with Crippen LogP contribution in [0.25, 0.3) is 0 Å². The Bertz CT molecular complexity index is 799. The summed E-state index contributed by atoms with van der Waals surface area (Å²) in [5.74, 6) is -0.301. The number of hydrogen-bond donors (Lipinski definition) is 2. The number of hydrogen-bond acceptors (Lipinski definition) is 6. The molecule has 2 rings (SSSR count). The molecule has 1 aromatic rings. The highest BCUT2D eigenvalue weighted by Crippen LogP contribution is 2.30. The summed E-state index contributed by atoms with van der Waals surface area (Å²) in [6.45, 7) is 4.15. The van der Waals surface area contributed by atoms with Gasteiger partial charge in [-0.15, -0.1) is 12.4 Å². The van der Waals surface area contributed by atoms with Crippen LogP contribution in [0.2, 0.25) is 0 Å². The number of amides is 1. The van der Waals surface area contributed by atoms with Crippen LogP contribution in [0.1, 0.15) is 29.3 Å². The van der Waals surface area contributed by atoms with Gasteiger partial charge in [0.15, 0.2) is 0 Å². The number of primary sulfonamides is 1. The molecule has 0 aliphatic carbocycles. The summed E-state index contributed by atoms with van der Waals surface area (Å²) in [5, 5.41) is 16.3. The molecule has 1 heterocycles. The average Bonchev–Trinajstić information content (AvgIpc) is 2.86. The number of likely N-dealkylation sites (tertiary alicyclic amines) is 1. The lowest BCUT2D eigenvalue weighted by Crippen LogP contribution is -2.35. The predicted molar refractivity (Wildman–Crippen MR) is 94.1 cm³/mol. The Morgan fingerprint density at radius 1 is 1.44 bits per heavy atom. The summed E-state index contributed by atoms with van der Waals surface area (Å²) < 4.78 is 23.2. The van der Waals surface area contributed by atoms with Crippen molar-refractivity contribution >= 4 is 34.0 Å². The lowest BCUT2D eigenvalue weighted by molar-refractivity contribution is -0.385. The Balaban J connectivity index is 0.00000312. The molecule has 1 fully saturated rings. The minimum atomic E-state index is -4.18. The molecule has 9 nitrogen and oxygen atoms in total. The average molecular weight is 393 g/mol. The molecule has 0 bridgehead atoms. The molecule has 2 atom stereocenters. The molecule has 0 radical (unpaired) electrons. The number of carbonyl (C=O) groups is 1.